The molecule has 0 aliphatic carbocycles. The first-order chi connectivity index (χ1) is 19.2. The lowest BCUT2D eigenvalue weighted by molar-refractivity contribution is -0.153. The molecule has 3 aromatic carbocycles. The molecule has 1 N–H and O–H groups in total. The summed E-state index contributed by atoms with van der Waals surface area (Å²) in [5, 5.41) is 9.47. The summed E-state index contributed by atoms with van der Waals surface area (Å²) in [4.78, 5) is 1.71. The van der Waals surface area contributed by atoms with E-state index in [-0.39, 0.29) is 22.8 Å². The first-order valence-electron chi connectivity index (χ1n) is 12.8. The summed E-state index contributed by atoms with van der Waals surface area (Å²) >= 11 is 0. The first kappa shape index (κ1) is 30.5. The second-order valence-electron chi connectivity index (χ2n) is 10.3. The zero-order valence-electron chi connectivity index (χ0n) is 23.1. The molecule has 0 unspecified atom stereocenters. The minimum atomic E-state index is -4.57. The second kappa shape index (κ2) is 11.8. The number of benzene rings is 3. The van der Waals surface area contributed by atoms with Crippen molar-refractivity contribution in [3.63, 3.8) is 0 Å². The molecule has 0 radical (unpaired) electrons. The molecule has 4 rings (SSSR count). The van der Waals surface area contributed by atoms with E-state index in [2.05, 4.69) is 12.1 Å². The van der Waals surface area contributed by atoms with Gasteiger partial charge < -0.3 is 9.52 Å². The smallest absolute Gasteiger partial charge is 0.449 e. The number of halogens is 4. The normalized spacial score (nSPS) is 12.3. The summed E-state index contributed by atoms with van der Waals surface area (Å²) in [6.07, 6.45) is -3.62. The van der Waals surface area contributed by atoms with Gasteiger partial charge in [-0.15, -0.1) is 0 Å². The molecule has 0 saturated carbocycles. The van der Waals surface area contributed by atoms with Crippen LogP contribution >= 0.6 is 0 Å². The molecule has 218 valence electrons. The second-order valence-corrected chi connectivity index (χ2v) is 12.3. The number of alkyl halides is 3. The van der Waals surface area contributed by atoms with Crippen molar-refractivity contribution in [2.45, 2.75) is 58.1 Å². The van der Waals surface area contributed by atoms with Crippen LogP contribution in [0.1, 0.15) is 44.9 Å². The molecule has 4 aromatic rings. The Morgan fingerprint density at radius 3 is 2.00 bits per heavy atom. The molecule has 0 saturated heterocycles. The number of hydrogen-bond acceptors (Lipinski definition) is 5. The number of hydrogen-bond donors (Lipinski definition) is 1. The Bertz CT molecular complexity index is 1640. The highest BCUT2D eigenvalue weighted by Crippen LogP contribution is 2.32. The topological polar surface area (TPSA) is 70.8 Å². The molecule has 0 bridgehead atoms. The lowest BCUT2D eigenvalue weighted by Gasteiger charge is -2.24. The number of aliphatic hydroxyl groups is 1. The van der Waals surface area contributed by atoms with E-state index in [1.165, 1.54) is 18.2 Å². The van der Waals surface area contributed by atoms with Crippen LogP contribution in [-0.2, 0) is 42.3 Å². The number of sulfone groups is 1. The highest BCUT2D eigenvalue weighted by molar-refractivity contribution is 7.90. The number of nitrogens with zero attached hydrogens (tertiary/aromatic N) is 1. The van der Waals surface area contributed by atoms with Crippen LogP contribution < -0.4 is 0 Å². The number of aliphatic hydroxyl groups excluding tert-OH is 1. The molecule has 0 fully saturated rings. The lowest BCUT2D eigenvalue weighted by atomic mass is 9.99. The van der Waals surface area contributed by atoms with Gasteiger partial charge in [0.15, 0.2) is 9.84 Å². The van der Waals surface area contributed by atoms with Crippen molar-refractivity contribution in [3.05, 3.63) is 111 Å². The largest absolute Gasteiger partial charge is 0.455 e. The zero-order chi connectivity index (χ0) is 30.1. The van der Waals surface area contributed by atoms with Crippen LogP contribution in [0.2, 0.25) is 0 Å². The van der Waals surface area contributed by atoms with E-state index in [9.17, 15) is 31.1 Å². The Labute approximate surface area is 237 Å². The Morgan fingerprint density at radius 1 is 0.829 bits per heavy atom. The molecule has 1 aromatic heterocycles. The molecular weight excluding hydrogens is 558 g/mol. The summed E-state index contributed by atoms with van der Waals surface area (Å²) in [5.74, 6) is -1.68. The van der Waals surface area contributed by atoms with Crippen molar-refractivity contribution in [1.29, 1.82) is 0 Å². The van der Waals surface area contributed by atoms with E-state index in [1.807, 2.05) is 25.7 Å². The zero-order valence-corrected chi connectivity index (χ0v) is 24.0. The maximum Gasteiger partial charge on any atom is 0.449 e. The minimum absolute atomic E-state index is 0.135. The third-order valence-corrected chi connectivity index (χ3v) is 8.11. The SMILES string of the molecule is Cc1cc(C)c(CN(Cc2ccc(-c3cc(F)c(CO)c(S(C)(=O)=O)c3)cc2)Cc2ccc(C(F)(F)F)o2)c(C)c1. The third-order valence-electron chi connectivity index (χ3n) is 6.95. The van der Waals surface area contributed by atoms with Gasteiger partial charge in [-0.3, -0.25) is 4.90 Å². The maximum absolute atomic E-state index is 14.6. The Hall–Kier alpha value is -3.47. The van der Waals surface area contributed by atoms with Crippen LogP contribution in [0.3, 0.4) is 0 Å². The molecule has 0 aliphatic rings. The first-order valence-corrected chi connectivity index (χ1v) is 14.7. The molecular formula is C31H31F4NO4S. The van der Waals surface area contributed by atoms with E-state index in [0.717, 1.165) is 40.1 Å². The maximum atomic E-state index is 14.6. The number of rotatable bonds is 9. The Balaban J connectivity index is 1.64. The predicted octanol–water partition coefficient (Wildman–Crippen LogP) is 7.13. The number of furan rings is 1. The summed E-state index contributed by atoms with van der Waals surface area (Å²) in [6.45, 7) is 6.24. The quantitative estimate of drug-likeness (QED) is 0.211. The van der Waals surface area contributed by atoms with E-state index in [0.29, 0.717) is 24.2 Å². The Kier molecular flexibility index (Phi) is 8.77. The molecule has 1 heterocycles. The molecule has 0 atom stereocenters. The molecule has 41 heavy (non-hydrogen) atoms. The predicted molar refractivity (Wildman–Crippen MR) is 148 cm³/mol. The monoisotopic (exact) mass is 589 g/mol. The van der Waals surface area contributed by atoms with Crippen molar-refractivity contribution in [1.82, 2.24) is 4.90 Å². The van der Waals surface area contributed by atoms with Gasteiger partial charge in [-0.2, -0.15) is 13.2 Å². The van der Waals surface area contributed by atoms with Crippen molar-refractivity contribution in [2.24, 2.45) is 0 Å². The van der Waals surface area contributed by atoms with Gasteiger partial charge >= 0.3 is 6.18 Å². The third kappa shape index (κ3) is 7.25. The summed E-state index contributed by atoms with van der Waals surface area (Å²) in [7, 11) is -3.79. The fourth-order valence-electron chi connectivity index (χ4n) is 5.01. The van der Waals surface area contributed by atoms with Gasteiger partial charge in [0.25, 0.3) is 0 Å². The fourth-order valence-corrected chi connectivity index (χ4v) is 5.96. The molecule has 0 amide bonds. The average molecular weight is 590 g/mol. The van der Waals surface area contributed by atoms with Crippen molar-refractivity contribution in [2.75, 3.05) is 6.26 Å². The standard InChI is InChI=1S/C31H31F4NO4S/c1-19-11-20(2)26(21(3)12-19)17-36(16-25-9-10-30(40-25)31(33,34)35)15-22-5-7-23(8-6-22)24-13-28(32)27(18-37)29(14-24)41(4,38)39/h5-14,37H,15-18H2,1-4H3. The Morgan fingerprint density at radius 2 is 1.46 bits per heavy atom. The van der Waals surface area contributed by atoms with E-state index in [4.69, 9.17) is 4.42 Å². The van der Waals surface area contributed by atoms with Gasteiger partial charge in [0, 0.05) is 24.9 Å². The van der Waals surface area contributed by atoms with Crippen molar-refractivity contribution >= 4 is 9.84 Å². The van der Waals surface area contributed by atoms with Crippen LogP contribution in [0, 0.1) is 26.6 Å². The summed E-state index contributed by atoms with van der Waals surface area (Å²) < 4.78 is 83.5. The van der Waals surface area contributed by atoms with Gasteiger partial charge in [-0.25, -0.2) is 12.8 Å². The van der Waals surface area contributed by atoms with Gasteiger partial charge in [0.1, 0.15) is 11.6 Å². The van der Waals surface area contributed by atoms with Gasteiger partial charge in [0.2, 0.25) is 5.76 Å². The van der Waals surface area contributed by atoms with Gasteiger partial charge in [-0.05, 0) is 78.4 Å². The molecule has 10 heteroatoms. The van der Waals surface area contributed by atoms with Gasteiger partial charge in [-0.1, -0.05) is 42.0 Å². The van der Waals surface area contributed by atoms with Crippen LogP contribution in [0.5, 0.6) is 0 Å². The summed E-state index contributed by atoms with van der Waals surface area (Å²) in [5.41, 5.74) is 5.81. The van der Waals surface area contributed by atoms with E-state index >= 15 is 0 Å². The fraction of sp³-hybridized carbons (Fsp3) is 0.290. The van der Waals surface area contributed by atoms with Crippen molar-refractivity contribution < 1.29 is 35.5 Å². The lowest BCUT2D eigenvalue weighted by Crippen LogP contribution is -2.23. The van der Waals surface area contributed by atoms with E-state index in [1.54, 1.807) is 24.3 Å². The highest BCUT2D eigenvalue weighted by Gasteiger charge is 2.35. The molecule has 0 spiro atoms. The van der Waals surface area contributed by atoms with Crippen LogP contribution in [0.25, 0.3) is 11.1 Å². The van der Waals surface area contributed by atoms with Crippen LogP contribution in [-0.4, -0.2) is 24.7 Å². The van der Waals surface area contributed by atoms with Crippen molar-refractivity contribution in [3.8, 4) is 11.1 Å². The average Bonchev–Trinajstić information content (AvgIpc) is 3.35. The molecule has 0 aliphatic heterocycles. The number of aryl methyl sites for hydroxylation is 3. The molecule has 5 nitrogen and oxygen atoms in total. The summed E-state index contributed by atoms with van der Waals surface area (Å²) in [6, 6.07) is 16.0. The minimum Gasteiger partial charge on any atom is -0.455 e. The van der Waals surface area contributed by atoms with Crippen LogP contribution in [0.15, 0.2) is 70.0 Å². The van der Waals surface area contributed by atoms with E-state index < -0.39 is 34.2 Å². The van der Waals surface area contributed by atoms with Gasteiger partial charge in [0.05, 0.1) is 18.0 Å². The highest BCUT2D eigenvalue weighted by atomic mass is 32.2. The van der Waals surface area contributed by atoms with Crippen LogP contribution in [0.4, 0.5) is 17.6 Å².